The van der Waals surface area contributed by atoms with Crippen LogP contribution in [0.15, 0.2) is 35.2 Å². The van der Waals surface area contributed by atoms with Crippen LogP contribution in [0.25, 0.3) is 0 Å². The van der Waals surface area contributed by atoms with Gasteiger partial charge in [0.05, 0.1) is 21.2 Å². The number of aryl methyl sites for hydroxylation is 1. The normalized spacial score (nSPS) is 17.9. The zero-order valence-electron chi connectivity index (χ0n) is 15.6. The Balaban J connectivity index is 1.86. The summed E-state index contributed by atoms with van der Waals surface area (Å²) in [5, 5.41) is 10.8. The van der Waals surface area contributed by atoms with E-state index in [1.54, 1.807) is 6.92 Å². The number of nitrogens with zero attached hydrogens (tertiary/aromatic N) is 1. The second-order valence-electron chi connectivity index (χ2n) is 7.16. The third kappa shape index (κ3) is 4.45. The molecule has 0 aliphatic carbocycles. The molecule has 1 heterocycles. The van der Waals surface area contributed by atoms with E-state index >= 15 is 0 Å². The van der Waals surface area contributed by atoms with E-state index in [4.69, 9.17) is 34.8 Å². The van der Waals surface area contributed by atoms with E-state index in [2.05, 4.69) is 0 Å². The fourth-order valence-corrected chi connectivity index (χ4v) is 5.86. The zero-order valence-corrected chi connectivity index (χ0v) is 18.7. The summed E-state index contributed by atoms with van der Waals surface area (Å²) in [5.74, 6) is 0. The first kappa shape index (κ1) is 23.6. The summed E-state index contributed by atoms with van der Waals surface area (Å²) >= 11 is 17.7. The van der Waals surface area contributed by atoms with Gasteiger partial charge in [0.25, 0.3) is 0 Å². The third-order valence-corrected chi connectivity index (χ3v) is 8.29. The highest BCUT2D eigenvalue weighted by atomic mass is 35.5. The molecule has 1 aliphatic rings. The van der Waals surface area contributed by atoms with Crippen LogP contribution in [0.4, 0.5) is 13.2 Å². The van der Waals surface area contributed by atoms with E-state index in [-0.39, 0.29) is 41.4 Å². The van der Waals surface area contributed by atoms with Crippen LogP contribution in [0, 0.1) is 6.92 Å². The minimum absolute atomic E-state index is 0.0287. The molecular formula is C19H17Cl3F3NO3S. The van der Waals surface area contributed by atoms with Crippen molar-refractivity contribution in [2.45, 2.75) is 36.4 Å². The fraction of sp³-hybridized carbons (Fsp3) is 0.368. The standard InChI is InChI=1S/C19H17Cl3F3NO3S/c1-11-8-17(16(22)10-15(11)21)30(28,29)26-6-4-18(27,5-7-26)12-2-3-14(20)13(9-12)19(23,24)25/h2-3,8-10,27H,4-7H2,1H3. The first-order valence-electron chi connectivity index (χ1n) is 8.81. The molecule has 1 aliphatic heterocycles. The van der Waals surface area contributed by atoms with Gasteiger partial charge in [-0.2, -0.15) is 17.5 Å². The van der Waals surface area contributed by atoms with Gasteiger partial charge in [0.1, 0.15) is 4.90 Å². The van der Waals surface area contributed by atoms with Gasteiger partial charge in [-0.3, -0.25) is 0 Å². The van der Waals surface area contributed by atoms with Crippen LogP contribution in [0.5, 0.6) is 0 Å². The topological polar surface area (TPSA) is 57.6 Å². The molecule has 0 saturated carbocycles. The van der Waals surface area contributed by atoms with Gasteiger partial charge in [-0.1, -0.05) is 40.9 Å². The van der Waals surface area contributed by atoms with E-state index in [0.717, 1.165) is 16.4 Å². The number of alkyl halides is 3. The van der Waals surface area contributed by atoms with E-state index in [1.807, 2.05) is 0 Å². The molecular weight excluding hydrogens is 486 g/mol. The van der Waals surface area contributed by atoms with Crippen molar-refractivity contribution in [2.75, 3.05) is 13.1 Å². The summed E-state index contributed by atoms with van der Waals surface area (Å²) in [4.78, 5) is -0.109. The van der Waals surface area contributed by atoms with Gasteiger partial charge in [0, 0.05) is 18.1 Å². The lowest BCUT2D eigenvalue weighted by Gasteiger charge is -2.38. The summed E-state index contributed by atoms with van der Waals surface area (Å²) in [6.07, 6.45) is -4.85. The molecule has 1 fully saturated rings. The van der Waals surface area contributed by atoms with Gasteiger partial charge >= 0.3 is 6.18 Å². The minimum atomic E-state index is -4.67. The maximum absolute atomic E-state index is 13.1. The van der Waals surface area contributed by atoms with Crippen molar-refractivity contribution in [1.82, 2.24) is 4.31 Å². The largest absolute Gasteiger partial charge is 0.417 e. The van der Waals surface area contributed by atoms with Crippen LogP contribution < -0.4 is 0 Å². The van der Waals surface area contributed by atoms with Crippen molar-refractivity contribution in [3.8, 4) is 0 Å². The van der Waals surface area contributed by atoms with Crippen LogP contribution in [-0.2, 0) is 21.8 Å². The molecule has 0 bridgehead atoms. The molecule has 4 nitrogen and oxygen atoms in total. The quantitative estimate of drug-likeness (QED) is 0.590. The molecule has 0 atom stereocenters. The van der Waals surface area contributed by atoms with Crippen LogP contribution in [0.1, 0.15) is 29.5 Å². The molecule has 11 heteroatoms. The van der Waals surface area contributed by atoms with E-state index in [9.17, 15) is 26.7 Å². The number of halogens is 6. The van der Waals surface area contributed by atoms with Crippen LogP contribution >= 0.6 is 34.8 Å². The van der Waals surface area contributed by atoms with Gasteiger partial charge in [-0.25, -0.2) is 8.42 Å². The SMILES string of the molecule is Cc1cc(S(=O)(=O)N2CCC(O)(c3ccc(Cl)c(C(F)(F)F)c3)CC2)c(Cl)cc1Cl. The molecule has 1 saturated heterocycles. The summed E-state index contributed by atoms with van der Waals surface area (Å²) < 4.78 is 66.6. The van der Waals surface area contributed by atoms with Gasteiger partial charge < -0.3 is 5.11 Å². The second kappa shape index (κ2) is 8.15. The molecule has 2 aromatic carbocycles. The molecule has 164 valence electrons. The maximum atomic E-state index is 13.1. The Labute approximate surface area is 187 Å². The van der Waals surface area contributed by atoms with Crippen LogP contribution in [0.2, 0.25) is 15.1 Å². The molecule has 0 radical (unpaired) electrons. The number of aliphatic hydroxyl groups is 1. The second-order valence-corrected chi connectivity index (χ2v) is 10.3. The Morgan fingerprint density at radius 1 is 1.00 bits per heavy atom. The third-order valence-electron chi connectivity index (χ3n) is 5.19. The Bertz CT molecular complexity index is 1080. The Kier molecular flexibility index (Phi) is 6.42. The minimum Gasteiger partial charge on any atom is -0.385 e. The Morgan fingerprint density at radius 2 is 1.60 bits per heavy atom. The van der Waals surface area contributed by atoms with Crippen LogP contribution in [0.3, 0.4) is 0 Å². The van der Waals surface area contributed by atoms with Crippen molar-refractivity contribution >= 4 is 44.8 Å². The molecule has 0 amide bonds. The predicted octanol–water partition coefficient (Wildman–Crippen LogP) is 5.65. The average Bonchev–Trinajstić information content (AvgIpc) is 2.64. The lowest BCUT2D eigenvalue weighted by molar-refractivity contribution is -0.137. The van der Waals surface area contributed by atoms with E-state index in [0.29, 0.717) is 10.6 Å². The summed E-state index contributed by atoms with van der Waals surface area (Å²) in [5.41, 5.74) is -2.09. The molecule has 1 N–H and O–H groups in total. The maximum Gasteiger partial charge on any atom is 0.417 e. The summed E-state index contributed by atoms with van der Waals surface area (Å²) in [6.45, 7) is 1.45. The number of benzene rings is 2. The van der Waals surface area contributed by atoms with Gasteiger partial charge in [0.15, 0.2) is 0 Å². The molecule has 2 aromatic rings. The first-order valence-corrected chi connectivity index (χ1v) is 11.4. The van der Waals surface area contributed by atoms with E-state index in [1.165, 1.54) is 18.2 Å². The van der Waals surface area contributed by atoms with Crippen molar-refractivity contribution < 1.29 is 26.7 Å². The fourth-order valence-electron chi connectivity index (χ4n) is 3.38. The van der Waals surface area contributed by atoms with E-state index < -0.39 is 32.4 Å². The highest BCUT2D eigenvalue weighted by Gasteiger charge is 2.41. The highest BCUT2D eigenvalue weighted by Crippen LogP contribution is 2.41. The van der Waals surface area contributed by atoms with Crippen molar-refractivity contribution in [2.24, 2.45) is 0 Å². The average molecular weight is 503 g/mol. The monoisotopic (exact) mass is 501 g/mol. The van der Waals surface area contributed by atoms with Crippen LogP contribution in [-0.4, -0.2) is 30.9 Å². The van der Waals surface area contributed by atoms with Gasteiger partial charge in [0.2, 0.25) is 10.0 Å². The molecule has 30 heavy (non-hydrogen) atoms. The lowest BCUT2D eigenvalue weighted by atomic mass is 9.84. The molecule has 3 rings (SSSR count). The lowest BCUT2D eigenvalue weighted by Crippen LogP contribution is -2.45. The molecule has 0 unspecified atom stereocenters. The molecule has 0 aromatic heterocycles. The van der Waals surface area contributed by atoms with Crippen molar-refractivity contribution in [1.29, 1.82) is 0 Å². The zero-order chi connectivity index (χ0) is 22.5. The summed E-state index contributed by atoms with van der Waals surface area (Å²) in [6, 6.07) is 5.93. The first-order chi connectivity index (χ1) is 13.8. The number of sulfonamides is 1. The Morgan fingerprint density at radius 3 is 2.17 bits per heavy atom. The van der Waals surface area contributed by atoms with Gasteiger partial charge in [-0.15, -0.1) is 0 Å². The summed E-state index contributed by atoms with van der Waals surface area (Å²) in [7, 11) is -3.97. The number of rotatable bonds is 3. The van der Waals surface area contributed by atoms with Crippen molar-refractivity contribution in [3.63, 3.8) is 0 Å². The predicted molar refractivity (Wildman–Crippen MR) is 110 cm³/mol. The van der Waals surface area contributed by atoms with Gasteiger partial charge in [-0.05, 0) is 55.2 Å². The highest BCUT2D eigenvalue weighted by molar-refractivity contribution is 7.89. The number of hydrogen-bond donors (Lipinski definition) is 1. The molecule has 0 spiro atoms. The Hall–Kier alpha value is -1.03. The van der Waals surface area contributed by atoms with Crippen molar-refractivity contribution in [3.05, 3.63) is 62.1 Å². The smallest absolute Gasteiger partial charge is 0.385 e. The number of piperidine rings is 1. The number of hydrogen-bond acceptors (Lipinski definition) is 3.